The maximum Gasteiger partial charge on any atom is 0.188 e. The van der Waals surface area contributed by atoms with Gasteiger partial charge in [0.2, 0.25) is 0 Å². The van der Waals surface area contributed by atoms with Crippen molar-refractivity contribution in [1.29, 1.82) is 0 Å². The summed E-state index contributed by atoms with van der Waals surface area (Å²) < 4.78 is 16.8. The first kappa shape index (κ1) is 21.8. The summed E-state index contributed by atoms with van der Waals surface area (Å²) >= 11 is 0. The Hall–Kier alpha value is -1.87. The zero-order valence-electron chi connectivity index (χ0n) is 17.4. The first-order valence-corrected chi connectivity index (χ1v) is 10.7. The molecule has 2 heterocycles. The highest BCUT2D eigenvalue weighted by Crippen LogP contribution is 2.18. The molecule has 8 nitrogen and oxygen atoms in total. The number of ether oxygens (including phenoxy) is 3. The summed E-state index contributed by atoms with van der Waals surface area (Å²) in [4.78, 5) is 9.26. The lowest BCUT2D eigenvalue weighted by atomic mass is 10.2. The number of nitrogens with one attached hydrogen (secondary N) is 1. The second-order valence-corrected chi connectivity index (χ2v) is 7.35. The number of rotatable bonds is 10. The van der Waals surface area contributed by atoms with Gasteiger partial charge in [-0.25, -0.2) is 4.99 Å². The summed E-state index contributed by atoms with van der Waals surface area (Å²) in [7, 11) is 0. The van der Waals surface area contributed by atoms with Crippen molar-refractivity contribution in [2.24, 2.45) is 10.7 Å². The highest BCUT2D eigenvalue weighted by Gasteiger charge is 2.11. The van der Waals surface area contributed by atoms with Crippen LogP contribution in [0.15, 0.2) is 29.3 Å². The molecule has 0 amide bonds. The van der Waals surface area contributed by atoms with Crippen molar-refractivity contribution in [3.8, 4) is 5.75 Å². The van der Waals surface area contributed by atoms with Crippen molar-refractivity contribution in [3.05, 3.63) is 29.8 Å². The zero-order valence-corrected chi connectivity index (χ0v) is 17.4. The fourth-order valence-electron chi connectivity index (χ4n) is 3.45. The van der Waals surface area contributed by atoms with Gasteiger partial charge in [-0.2, -0.15) is 0 Å². The third-order valence-corrected chi connectivity index (χ3v) is 5.22. The molecule has 0 radical (unpaired) electrons. The van der Waals surface area contributed by atoms with Crippen LogP contribution in [-0.4, -0.2) is 94.6 Å². The van der Waals surface area contributed by atoms with Crippen molar-refractivity contribution >= 4 is 5.96 Å². The van der Waals surface area contributed by atoms with Gasteiger partial charge in [0.05, 0.1) is 33.0 Å². The van der Waals surface area contributed by atoms with E-state index < -0.39 is 0 Å². The van der Waals surface area contributed by atoms with Gasteiger partial charge in [-0.15, -0.1) is 0 Å². The van der Waals surface area contributed by atoms with Crippen LogP contribution in [0.1, 0.15) is 12.0 Å². The van der Waals surface area contributed by atoms with Crippen molar-refractivity contribution in [1.82, 2.24) is 15.1 Å². The summed E-state index contributed by atoms with van der Waals surface area (Å²) in [5, 5.41) is 3.21. The van der Waals surface area contributed by atoms with E-state index in [1.807, 2.05) is 24.3 Å². The van der Waals surface area contributed by atoms with Crippen LogP contribution in [0.4, 0.5) is 0 Å². The second-order valence-electron chi connectivity index (χ2n) is 7.35. The molecule has 1 aromatic carbocycles. The monoisotopic (exact) mass is 405 g/mol. The normalized spacial score (nSPS) is 19.2. The average Bonchev–Trinajstić information content (AvgIpc) is 2.77. The minimum atomic E-state index is 0.482. The van der Waals surface area contributed by atoms with Gasteiger partial charge in [-0.3, -0.25) is 9.80 Å². The first-order valence-electron chi connectivity index (χ1n) is 10.7. The predicted octanol–water partition coefficient (Wildman–Crippen LogP) is 0.524. The molecule has 0 bridgehead atoms. The lowest BCUT2D eigenvalue weighted by Gasteiger charge is -2.26. The lowest BCUT2D eigenvalue weighted by molar-refractivity contribution is 0.0322. The van der Waals surface area contributed by atoms with Gasteiger partial charge in [-0.05, 0) is 19.0 Å². The summed E-state index contributed by atoms with van der Waals surface area (Å²) in [5.41, 5.74) is 7.08. The van der Waals surface area contributed by atoms with E-state index in [-0.39, 0.29) is 0 Å². The fourth-order valence-corrected chi connectivity index (χ4v) is 3.45. The van der Waals surface area contributed by atoms with E-state index >= 15 is 0 Å². The van der Waals surface area contributed by atoms with Crippen LogP contribution < -0.4 is 15.8 Å². The molecule has 0 saturated carbocycles. The van der Waals surface area contributed by atoms with Gasteiger partial charge in [0.15, 0.2) is 5.96 Å². The van der Waals surface area contributed by atoms with Crippen LogP contribution in [0.25, 0.3) is 0 Å². The molecule has 2 aliphatic rings. The van der Waals surface area contributed by atoms with E-state index in [0.717, 1.165) is 90.0 Å². The molecule has 2 aliphatic heterocycles. The Morgan fingerprint density at radius 2 is 1.66 bits per heavy atom. The van der Waals surface area contributed by atoms with Crippen LogP contribution >= 0.6 is 0 Å². The molecule has 2 fully saturated rings. The fraction of sp³-hybridized carbons (Fsp3) is 0.667. The van der Waals surface area contributed by atoms with E-state index in [1.54, 1.807) is 0 Å². The van der Waals surface area contributed by atoms with Gasteiger partial charge in [0, 0.05) is 44.8 Å². The van der Waals surface area contributed by atoms with Crippen LogP contribution in [0.2, 0.25) is 0 Å². The third-order valence-electron chi connectivity index (χ3n) is 5.22. The van der Waals surface area contributed by atoms with Crippen LogP contribution in [-0.2, 0) is 16.0 Å². The number of guanidine groups is 1. The van der Waals surface area contributed by atoms with E-state index in [1.165, 1.54) is 0 Å². The van der Waals surface area contributed by atoms with E-state index in [0.29, 0.717) is 19.1 Å². The average molecular weight is 406 g/mol. The van der Waals surface area contributed by atoms with Gasteiger partial charge < -0.3 is 25.3 Å². The predicted molar refractivity (Wildman–Crippen MR) is 114 cm³/mol. The third kappa shape index (κ3) is 8.18. The minimum Gasteiger partial charge on any atom is -0.492 e. The summed E-state index contributed by atoms with van der Waals surface area (Å²) in [6.45, 7) is 11.3. The standard InChI is InChI=1S/C21H35N5O3/c22-21(23-6-3-7-25-8-13-27-14-9-25)24-18-19-4-1-2-5-20(19)29-17-12-26-10-15-28-16-11-26/h1-2,4-5H,3,6-18H2,(H3,22,23,24). The largest absolute Gasteiger partial charge is 0.492 e. The number of nitrogens with two attached hydrogens (primary N) is 1. The topological polar surface area (TPSA) is 84.6 Å². The Kier molecular flexibility index (Phi) is 9.52. The smallest absolute Gasteiger partial charge is 0.188 e. The van der Waals surface area contributed by atoms with Crippen molar-refractivity contribution in [3.63, 3.8) is 0 Å². The zero-order chi connectivity index (χ0) is 20.2. The molecule has 0 spiro atoms. The molecule has 29 heavy (non-hydrogen) atoms. The molecule has 0 atom stereocenters. The van der Waals surface area contributed by atoms with E-state index in [4.69, 9.17) is 19.9 Å². The van der Waals surface area contributed by atoms with Crippen molar-refractivity contribution < 1.29 is 14.2 Å². The van der Waals surface area contributed by atoms with Crippen molar-refractivity contribution in [2.75, 3.05) is 78.8 Å². The number of morpholine rings is 2. The number of benzene rings is 1. The summed E-state index contributed by atoms with van der Waals surface area (Å²) in [5.74, 6) is 1.36. The Morgan fingerprint density at radius 1 is 1.00 bits per heavy atom. The Balaban J connectivity index is 1.36. The molecular formula is C21H35N5O3. The molecule has 3 rings (SSSR count). The molecular weight excluding hydrogens is 370 g/mol. The number of hydrogen-bond acceptors (Lipinski definition) is 6. The Bertz CT molecular complexity index is 616. The van der Waals surface area contributed by atoms with Gasteiger partial charge in [-0.1, -0.05) is 18.2 Å². The number of nitrogens with zero attached hydrogens (tertiary/aromatic N) is 3. The second kappa shape index (κ2) is 12.6. The minimum absolute atomic E-state index is 0.482. The molecule has 3 N–H and O–H groups in total. The van der Waals surface area contributed by atoms with Crippen LogP contribution in [0, 0.1) is 0 Å². The maximum absolute atomic E-state index is 6.03. The lowest BCUT2D eigenvalue weighted by Crippen LogP contribution is -2.39. The highest BCUT2D eigenvalue weighted by atomic mass is 16.5. The van der Waals surface area contributed by atoms with Gasteiger partial charge >= 0.3 is 0 Å². The van der Waals surface area contributed by atoms with Gasteiger partial charge in [0.1, 0.15) is 12.4 Å². The SMILES string of the molecule is NC(=NCc1ccccc1OCCN1CCOCC1)NCCCN1CCOCC1. The molecule has 8 heteroatoms. The highest BCUT2D eigenvalue weighted by molar-refractivity contribution is 5.77. The van der Waals surface area contributed by atoms with Crippen LogP contribution in [0.5, 0.6) is 5.75 Å². The number of para-hydroxylation sites is 1. The van der Waals surface area contributed by atoms with Crippen molar-refractivity contribution in [2.45, 2.75) is 13.0 Å². The number of aliphatic imine (C=N–C) groups is 1. The molecule has 0 aromatic heterocycles. The first-order chi connectivity index (χ1) is 14.3. The molecule has 0 unspecified atom stereocenters. The van der Waals surface area contributed by atoms with E-state index in [2.05, 4.69) is 20.1 Å². The summed E-state index contributed by atoms with van der Waals surface area (Å²) in [6.07, 6.45) is 1.04. The summed E-state index contributed by atoms with van der Waals surface area (Å²) in [6, 6.07) is 8.03. The van der Waals surface area contributed by atoms with Crippen LogP contribution in [0.3, 0.4) is 0 Å². The maximum atomic E-state index is 6.03. The molecule has 2 saturated heterocycles. The molecule has 1 aromatic rings. The van der Waals surface area contributed by atoms with E-state index in [9.17, 15) is 0 Å². The number of hydrogen-bond donors (Lipinski definition) is 2. The molecule has 162 valence electrons. The van der Waals surface area contributed by atoms with Gasteiger partial charge in [0.25, 0.3) is 0 Å². The quantitative estimate of drug-likeness (QED) is 0.334. The molecule has 0 aliphatic carbocycles. The Morgan fingerprint density at radius 3 is 2.38 bits per heavy atom. The Labute approximate surface area is 174 Å².